The number of hydrogen-bond donors (Lipinski definition) is 1. The predicted octanol–water partition coefficient (Wildman–Crippen LogP) is 3.57. The topological polar surface area (TPSA) is 12.0 Å². The zero-order valence-corrected chi connectivity index (χ0v) is 8.48. The van der Waals surface area contributed by atoms with Crippen molar-refractivity contribution in [1.82, 2.24) is 0 Å². The fourth-order valence-corrected chi connectivity index (χ4v) is 1.33. The Balaban J connectivity index is 2.84. The maximum Gasteiger partial charge on any atom is 0.149 e. The van der Waals surface area contributed by atoms with Crippen LogP contribution in [0.3, 0.4) is 0 Å². The Morgan fingerprint density at radius 3 is 2.07 bits per heavy atom. The molecule has 0 saturated heterocycles. The average molecular weight is 199 g/mol. The summed E-state index contributed by atoms with van der Waals surface area (Å²) in [6.07, 6.45) is 1.70. The van der Waals surface area contributed by atoms with Gasteiger partial charge in [0.1, 0.15) is 17.3 Å². The Labute approximate surface area is 83.1 Å². The first-order chi connectivity index (χ1) is 6.69. The van der Waals surface area contributed by atoms with Gasteiger partial charge in [-0.1, -0.05) is 19.9 Å². The van der Waals surface area contributed by atoms with Crippen molar-refractivity contribution in [3.05, 3.63) is 29.8 Å². The van der Waals surface area contributed by atoms with E-state index in [1.165, 1.54) is 18.2 Å². The van der Waals surface area contributed by atoms with Gasteiger partial charge in [0, 0.05) is 6.04 Å². The van der Waals surface area contributed by atoms with Crippen molar-refractivity contribution < 1.29 is 8.78 Å². The number of rotatable bonds is 4. The summed E-state index contributed by atoms with van der Waals surface area (Å²) in [5.41, 5.74) is -0.0128. The van der Waals surface area contributed by atoms with Gasteiger partial charge in [0.05, 0.1) is 0 Å². The summed E-state index contributed by atoms with van der Waals surface area (Å²) < 4.78 is 26.4. The summed E-state index contributed by atoms with van der Waals surface area (Å²) in [5.74, 6) is -1.06. The third-order valence-corrected chi connectivity index (χ3v) is 2.30. The normalized spacial score (nSPS) is 10.6. The third-order valence-electron chi connectivity index (χ3n) is 2.30. The SMILES string of the molecule is CCC(CC)Nc1c(F)cccc1F. The van der Waals surface area contributed by atoms with Crippen molar-refractivity contribution in [2.45, 2.75) is 32.7 Å². The van der Waals surface area contributed by atoms with Gasteiger partial charge in [-0.25, -0.2) is 8.78 Å². The molecule has 1 aromatic rings. The van der Waals surface area contributed by atoms with Crippen LogP contribution in [0.4, 0.5) is 14.5 Å². The molecule has 0 aliphatic heterocycles. The molecule has 0 aliphatic carbocycles. The Bertz CT molecular complexity index is 275. The highest BCUT2D eigenvalue weighted by atomic mass is 19.1. The standard InChI is InChI=1S/C11H15F2N/c1-3-8(4-2)14-11-9(12)6-5-7-10(11)13/h5-8,14H,3-4H2,1-2H3. The molecule has 0 fully saturated rings. The maximum atomic E-state index is 13.2. The maximum absolute atomic E-state index is 13.2. The van der Waals surface area contributed by atoms with E-state index in [2.05, 4.69) is 5.32 Å². The molecule has 3 heteroatoms. The van der Waals surface area contributed by atoms with Crippen molar-refractivity contribution in [2.24, 2.45) is 0 Å². The lowest BCUT2D eigenvalue weighted by Crippen LogP contribution is -2.18. The molecule has 0 unspecified atom stereocenters. The van der Waals surface area contributed by atoms with Gasteiger partial charge >= 0.3 is 0 Å². The zero-order valence-electron chi connectivity index (χ0n) is 8.48. The molecule has 0 bridgehead atoms. The van der Waals surface area contributed by atoms with Gasteiger partial charge in [-0.15, -0.1) is 0 Å². The number of benzene rings is 1. The predicted molar refractivity (Wildman–Crippen MR) is 54.4 cm³/mol. The highest BCUT2D eigenvalue weighted by Crippen LogP contribution is 2.20. The fraction of sp³-hybridized carbons (Fsp3) is 0.455. The molecule has 0 saturated carbocycles. The van der Waals surface area contributed by atoms with Crippen molar-refractivity contribution in [3.8, 4) is 0 Å². The van der Waals surface area contributed by atoms with Gasteiger partial charge in [-0.2, -0.15) is 0 Å². The van der Waals surface area contributed by atoms with Crippen molar-refractivity contribution in [1.29, 1.82) is 0 Å². The van der Waals surface area contributed by atoms with E-state index < -0.39 is 11.6 Å². The van der Waals surface area contributed by atoms with Crippen molar-refractivity contribution in [2.75, 3.05) is 5.32 Å². The molecule has 1 rings (SSSR count). The summed E-state index contributed by atoms with van der Waals surface area (Å²) in [6, 6.07) is 4.01. The Hall–Kier alpha value is -1.12. The summed E-state index contributed by atoms with van der Waals surface area (Å²) in [5, 5.41) is 2.86. The molecule has 1 nitrogen and oxygen atoms in total. The van der Waals surface area contributed by atoms with Gasteiger partial charge in [-0.3, -0.25) is 0 Å². The summed E-state index contributed by atoms with van der Waals surface area (Å²) in [6.45, 7) is 3.97. The Morgan fingerprint density at radius 2 is 1.64 bits per heavy atom. The molecule has 0 atom stereocenters. The van der Waals surface area contributed by atoms with Gasteiger partial charge < -0.3 is 5.32 Å². The highest BCUT2D eigenvalue weighted by molar-refractivity contribution is 5.46. The molecular formula is C11H15F2N. The number of hydrogen-bond acceptors (Lipinski definition) is 1. The Kier molecular flexibility index (Phi) is 3.86. The van der Waals surface area contributed by atoms with Crippen LogP contribution in [0.5, 0.6) is 0 Å². The van der Waals surface area contributed by atoms with E-state index in [1.54, 1.807) is 0 Å². The molecule has 0 spiro atoms. The second-order valence-corrected chi connectivity index (χ2v) is 3.25. The molecule has 78 valence electrons. The largest absolute Gasteiger partial charge is 0.378 e. The molecule has 0 radical (unpaired) electrons. The number of halogens is 2. The molecule has 14 heavy (non-hydrogen) atoms. The van der Waals surface area contributed by atoms with E-state index in [0.29, 0.717) is 0 Å². The zero-order chi connectivity index (χ0) is 10.6. The average Bonchev–Trinajstić information content (AvgIpc) is 2.18. The van der Waals surface area contributed by atoms with E-state index in [1.807, 2.05) is 13.8 Å². The molecule has 0 aliphatic rings. The van der Waals surface area contributed by atoms with Crippen LogP contribution < -0.4 is 5.32 Å². The first-order valence-electron chi connectivity index (χ1n) is 4.89. The second kappa shape index (κ2) is 4.94. The molecule has 0 aromatic heterocycles. The van der Waals surface area contributed by atoms with Gasteiger partial charge in [-0.05, 0) is 25.0 Å². The van der Waals surface area contributed by atoms with Crippen molar-refractivity contribution in [3.63, 3.8) is 0 Å². The van der Waals surface area contributed by atoms with Crippen LogP contribution in [-0.2, 0) is 0 Å². The summed E-state index contributed by atoms with van der Waals surface area (Å²) in [7, 11) is 0. The van der Waals surface area contributed by atoms with Crippen LogP contribution in [0, 0.1) is 11.6 Å². The molecule has 0 amide bonds. The quantitative estimate of drug-likeness (QED) is 0.781. The lowest BCUT2D eigenvalue weighted by molar-refractivity contribution is 0.575. The highest BCUT2D eigenvalue weighted by Gasteiger charge is 2.11. The molecule has 0 heterocycles. The molecular weight excluding hydrogens is 184 g/mol. The van der Waals surface area contributed by atoms with Gasteiger partial charge in [0.15, 0.2) is 0 Å². The monoisotopic (exact) mass is 199 g/mol. The Morgan fingerprint density at radius 1 is 1.14 bits per heavy atom. The van der Waals surface area contributed by atoms with Gasteiger partial charge in [0.2, 0.25) is 0 Å². The first-order valence-corrected chi connectivity index (χ1v) is 4.89. The fourth-order valence-electron chi connectivity index (χ4n) is 1.33. The van der Waals surface area contributed by atoms with Crippen LogP contribution in [0.25, 0.3) is 0 Å². The van der Waals surface area contributed by atoms with Gasteiger partial charge in [0.25, 0.3) is 0 Å². The molecule has 1 aromatic carbocycles. The molecule has 1 N–H and O–H groups in total. The number of nitrogens with one attached hydrogen (secondary N) is 1. The van der Waals surface area contributed by atoms with Crippen LogP contribution in [0.1, 0.15) is 26.7 Å². The van der Waals surface area contributed by atoms with Crippen LogP contribution >= 0.6 is 0 Å². The minimum atomic E-state index is -0.531. The minimum absolute atomic E-state index is 0.0128. The second-order valence-electron chi connectivity index (χ2n) is 3.25. The summed E-state index contributed by atoms with van der Waals surface area (Å²) >= 11 is 0. The van der Waals surface area contributed by atoms with E-state index in [9.17, 15) is 8.78 Å². The smallest absolute Gasteiger partial charge is 0.149 e. The number of anilines is 1. The van der Waals surface area contributed by atoms with Crippen LogP contribution in [-0.4, -0.2) is 6.04 Å². The third kappa shape index (κ3) is 2.44. The van der Waals surface area contributed by atoms with E-state index in [4.69, 9.17) is 0 Å². The van der Waals surface area contributed by atoms with Crippen LogP contribution in [0.2, 0.25) is 0 Å². The first kappa shape index (κ1) is 11.0. The lowest BCUT2D eigenvalue weighted by Gasteiger charge is -2.17. The number of para-hydroxylation sites is 1. The van der Waals surface area contributed by atoms with E-state index >= 15 is 0 Å². The van der Waals surface area contributed by atoms with Crippen molar-refractivity contribution >= 4 is 5.69 Å². The van der Waals surface area contributed by atoms with E-state index in [0.717, 1.165) is 12.8 Å². The van der Waals surface area contributed by atoms with E-state index in [-0.39, 0.29) is 11.7 Å². The summed E-state index contributed by atoms with van der Waals surface area (Å²) in [4.78, 5) is 0. The van der Waals surface area contributed by atoms with Crippen LogP contribution in [0.15, 0.2) is 18.2 Å². The lowest BCUT2D eigenvalue weighted by atomic mass is 10.1. The minimum Gasteiger partial charge on any atom is -0.378 e.